The van der Waals surface area contributed by atoms with E-state index in [-0.39, 0.29) is 6.04 Å². The van der Waals surface area contributed by atoms with Crippen LogP contribution in [0.2, 0.25) is 0 Å². The van der Waals surface area contributed by atoms with E-state index < -0.39 is 0 Å². The van der Waals surface area contributed by atoms with Gasteiger partial charge in [-0.3, -0.25) is 0 Å². The molecule has 0 spiro atoms. The van der Waals surface area contributed by atoms with Crippen LogP contribution in [0.1, 0.15) is 30.0 Å². The van der Waals surface area contributed by atoms with Gasteiger partial charge < -0.3 is 14.6 Å². The standard InChI is InChI=1S/C17H19N5O/c1-22-10-19-16-15(22)9-18-17(21-16)20-14-5-3-4-11-8-12(23-2)6-7-13(11)14/h6-10,14H,3-5H2,1-2H3,(H,18,20,21). The number of ether oxygens (including phenoxy) is 1. The Balaban J connectivity index is 1.63. The lowest BCUT2D eigenvalue weighted by Gasteiger charge is -2.26. The largest absolute Gasteiger partial charge is 0.497 e. The van der Waals surface area contributed by atoms with Crippen molar-refractivity contribution >= 4 is 17.1 Å². The van der Waals surface area contributed by atoms with Crippen LogP contribution in [0.5, 0.6) is 5.75 Å². The number of nitrogens with zero attached hydrogens (tertiary/aromatic N) is 4. The molecule has 0 bridgehead atoms. The van der Waals surface area contributed by atoms with Crippen LogP contribution in [0.15, 0.2) is 30.7 Å². The summed E-state index contributed by atoms with van der Waals surface area (Å²) in [6.07, 6.45) is 6.87. The zero-order valence-corrected chi connectivity index (χ0v) is 13.3. The quantitative estimate of drug-likeness (QED) is 0.806. The van der Waals surface area contributed by atoms with Gasteiger partial charge in [0.25, 0.3) is 0 Å². The fraction of sp³-hybridized carbons (Fsp3) is 0.353. The van der Waals surface area contributed by atoms with Gasteiger partial charge in [0.1, 0.15) is 11.3 Å². The second-order valence-corrected chi connectivity index (χ2v) is 5.91. The molecule has 6 heteroatoms. The molecule has 1 atom stereocenters. The maximum absolute atomic E-state index is 5.33. The predicted molar refractivity (Wildman–Crippen MR) is 88.6 cm³/mol. The second-order valence-electron chi connectivity index (χ2n) is 5.91. The number of imidazole rings is 1. The molecular weight excluding hydrogens is 290 g/mol. The van der Waals surface area contributed by atoms with Crippen molar-refractivity contribution in [3.8, 4) is 5.75 Å². The Labute approximate surface area is 134 Å². The highest BCUT2D eigenvalue weighted by Crippen LogP contribution is 2.34. The highest BCUT2D eigenvalue weighted by atomic mass is 16.5. The van der Waals surface area contributed by atoms with Gasteiger partial charge >= 0.3 is 0 Å². The first-order valence-corrected chi connectivity index (χ1v) is 7.82. The zero-order valence-electron chi connectivity index (χ0n) is 13.3. The van der Waals surface area contributed by atoms with Crippen molar-refractivity contribution in [3.63, 3.8) is 0 Å². The molecule has 23 heavy (non-hydrogen) atoms. The normalized spacial score (nSPS) is 17.0. The lowest BCUT2D eigenvalue weighted by molar-refractivity contribution is 0.413. The molecule has 6 nitrogen and oxygen atoms in total. The molecule has 3 aromatic rings. The smallest absolute Gasteiger partial charge is 0.225 e. The molecule has 0 fully saturated rings. The Kier molecular flexibility index (Phi) is 3.37. The van der Waals surface area contributed by atoms with Crippen LogP contribution in [0.3, 0.4) is 0 Å². The van der Waals surface area contributed by atoms with Gasteiger partial charge in [-0.1, -0.05) is 6.07 Å². The van der Waals surface area contributed by atoms with Crippen LogP contribution in [0, 0.1) is 0 Å². The first-order valence-electron chi connectivity index (χ1n) is 7.82. The summed E-state index contributed by atoms with van der Waals surface area (Å²) < 4.78 is 7.25. The van der Waals surface area contributed by atoms with E-state index in [1.165, 1.54) is 11.1 Å². The maximum atomic E-state index is 5.33. The minimum absolute atomic E-state index is 0.228. The SMILES string of the molecule is COc1ccc2c(c1)CCCC2Nc1ncc2c(ncn2C)n1. The fourth-order valence-electron chi connectivity index (χ4n) is 3.21. The number of benzene rings is 1. The monoisotopic (exact) mass is 309 g/mol. The summed E-state index contributed by atoms with van der Waals surface area (Å²) in [4.78, 5) is 13.2. The number of aryl methyl sites for hydroxylation is 2. The molecule has 118 valence electrons. The highest BCUT2D eigenvalue weighted by molar-refractivity contribution is 5.70. The summed E-state index contributed by atoms with van der Waals surface area (Å²) in [5.74, 6) is 1.54. The minimum atomic E-state index is 0.228. The molecule has 0 radical (unpaired) electrons. The van der Waals surface area contributed by atoms with Gasteiger partial charge in [0.05, 0.1) is 25.7 Å². The van der Waals surface area contributed by atoms with Gasteiger partial charge in [-0.2, -0.15) is 4.98 Å². The summed E-state index contributed by atoms with van der Waals surface area (Å²) in [6, 6.07) is 6.52. The Morgan fingerprint density at radius 3 is 3.09 bits per heavy atom. The number of hydrogen-bond donors (Lipinski definition) is 1. The summed E-state index contributed by atoms with van der Waals surface area (Å²) in [5.41, 5.74) is 4.30. The first kappa shape index (κ1) is 14.0. The molecule has 1 aromatic carbocycles. The van der Waals surface area contributed by atoms with Gasteiger partial charge in [-0.05, 0) is 42.5 Å². The number of fused-ring (bicyclic) bond motifs is 2. The molecule has 0 aliphatic heterocycles. The van der Waals surface area contributed by atoms with Crippen molar-refractivity contribution in [2.75, 3.05) is 12.4 Å². The van der Waals surface area contributed by atoms with Crippen LogP contribution < -0.4 is 10.1 Å². The number of aromatic nitrogens is 4. The van der Waals surface area contributed by atoms with Crippen molar-refractivity contribution < 1.29 is 4.74 Å². The van der Waals surface area contributed by atoms with Crippen LogP contribution >= 0.6 is 0 Å². The molecule has 1 unspecified atom stereocenters. The highest BCUT2D eigenvalue weighted by Gasteiger charge is 2.21. The Morgan fingerprint density at radius 1 is 1.30 bits per heavy atom. The van der Waals surface area contributed by atoms with E-state index in [4.69, 9.17) is 4.74 Å². The molecule has 2 aromatic heterocycles. The molecule has 0 saturated carbocycles. The van der Waals surface area contributed by atoms with Crippen molar-refractivity contribution in [1.29, 1.82) is 0 Å². The third kappa shape index (κ3) is 2.50. The molecule has 0 saturated heterocycles. The van der Waals surface area contributed by atoms with Crippen molar-refractivity contribution in [2.24, 2.45) is 7.05 Å². The molecule has 2 heterocycles. The van der Waals surface area contributed by atoms with Gasteiger partial charge in [0, 0.05) is 7.05 Å². The average molecular weight is 309 g/mol. The summed E-state index contributed by atoms with van der Waals surface area (Å²) in [5, 5.41) is 3.46. The summed E-state index contributed by atoms with van der Waals surface area (Å²) in [7, 11) is 3.65. The van der Waals surface area contributed by atoms with Crippen molar-refractivity contribution in [3.05, 3.63) is 41.9 Å². The van der Waals surface area contributed by atoms with Gasteiger partial charge in [-0.25, -0.2) is 9.97 Å². The fourth-order valence-corrected chi connectivity index (χ4v) is 3.21. The van der Waals surface area contributed by atoms with E-state index in [0.29, 0.717) is 5.95 Å². The molecule has 1 N–H and O–H groups in total. The molecule has 1 aliphatic carbocycles. The van der Waals surface area contributed by atoms with E-state index in [1.54, 1.807) is 13.4 Å². The predicted octanol–water partition coefficient (Wildman–Crippen LogP) is 2.86. The molecule has 0 amide bonds. The number of anilines is 1. The Bertz CT molecular complexity index is 857. The summed E-state index contributed by atoms with van der Waals surface area (Å²) >= 11 is 0. The van der Waals surface area contributed by atoms with E-state index in [0.717, 1.165) is 36.2 Å². The zero-order chi connectivity index (χ0) is 15.8. The number of nitrogens with one attached hydrogen (secondary N) is 1. The number of rotatable bonds is 3. The topological polar surface area (TPSA) is 64.9 Å². The van der Waals surface area contributed by atoms with E-state index >= 15 is 0 Å². The van der Waals surface area contributed by atoms with E-state index in [1.807, 2.05) is 23.9 Å². The maximum Gasteiger partial charge on any atom is 0.225 e. The van der Waals surface area contributed by atoms with Gasteiger partial charge in [0.15, 0.2) is 5.65 Å². The Morgan fingerprint density at radius 2 is 2.22 bits per heavy atom. The average Bonchev–Trinajstić information content (AvgIpc) is 2.95. The lowest BCUT2D eigenvalue weighted by Crippen LogP contribution is -2.18. The van der Waals surface area contributed by atoms with Gasteiger partial charge in [-0.15, -0.1) is 0 Å². The van der Waals surface area contributed by atoms with E-state index in [2.05, 4.69) is 32.4 Å². The number of methoxy groups -OCH3 is 1. The summed E-state index contributed by atoms with van der Waals surface area (Å²) in [6.45, 7) is 0. The van der Waals surface area contributed by atoms with Crippen LogP contribution in [0.4, 0.5) is 5.95 Å². The Hall–Kier alpha value is -2.63. The van der Waals surface area contributed by atoms with Crippen LogP contribution in [0.25, 0.3) is 11.2 Å². The number of hydrogen-bond acceptors (Lipinski definition) is 5. The lowest BCUT2D eigenvalue weighted by atomic mass is 9.87. The van der Waals surface area contributed by atoms with Crippen molar-refractivity contribution in [1.82, 2.24) is 19.5 Å². The van der Waals surface area contributed by atoms with Gasteiger partial charge in [0.2, 0.25) is 5.95 Å². The first-order chi connectivity index (χ1) is 11.2. The molecule has 4 rings (SSSR count). The second kappa shape index (κ2) is 5.53. The van der Waals surface area contributed by atoms with E-state index in [9.17, 15) is 0 Å². The third-order valence-electron chi connectivity index (χ3n) is 4.45. The van der Waals surface area contributed by atoms with Crippen molar-refractivity contribution in [2.45, 2.75) is 25.3 Å². The van der Waals surface area contributed by atoms with Crippen LogP contribution in [-0.4, -0.2) is 26.6 Å². The van der Waals surface area contributed by atoms with Crippen LogP contribution in [-0.2, 0) is 13.5 Å². The molecule has 1 aliphatic rings. The minimum Gasteiger partial charge on any atom is -0.497 e. The molecular formula is C17H19N5O. The third-order valence-corrected chi connectivity index (χ3v) is 4.45.